The van der Waals surface area contributed by atoms with Gasteiger partial charge in [-0.1, -0.05) is 12.1 Å². The van der Waals surface area contributed by atoms with E-state index >= 15 is 0 Å². The molecule has 0 amide bonds. The van der Waals surface area contributed by atoms with Crippen molar-refractivity contribution >= 4 is 34.0 Å². The van der Waals surface area contributed by atoms with Crippen LogP contribution in [-0.4, -0.2) is 62.9 Å². The zero-order valence-corrected chi connectivity index (χ0v) is 20.7. The summed E-state index contributed by atoms with van der Waals surface area (Å²) in [7, 11) is 1.65. The fourth-order valence-corrected chi connectivity index (χ4v) is 4.52. The minimum absolute atomic E-state index is 0.0366. The van der Waals surface area contributed by atoms with Gasteiger partial charge in [0.2, 0.25) is 5.95 Å². The number of ether oxygens (including phenoxy) is 2. The van der Waals surface area contributed by atoms with Crippen LogP contribution in [0.4, 0.5) is 20.5 Å². The van der Waals surface area contributed by atoms with E-state index in [2.05, 4.69) is 31.2 Å². The fraction of sp³-hybridized carbons (Fsp3) is 0.308. The highest BCUT2D eigenvalue weighted by atomic mass is 19.2. The highest BCUT2D eigenvalue weighted by molar-refractivity contribution is 5.84. The van der Waals surface area contributed by atoms with Crippen LogP contribution in [0.25, 0.3) is 22.2 Å². The monoisotopic (exact) mass is 520 g/mol. The molecule has 1 saturated heterocycles. The van der Waals surface area contributed by atoms with Gasteiger partial charge in [-0.15, -0.1) is 0 Å². The molecule has 0 bridgehead atoms. The number of hydrogen-bond donors (Lipinski definition) is 2. The number of morpholine rings is 1. The van der Waals surface area contributed by atoms with Gasteiger partial charge >= 0.3 is 0 Å². The predicted octanol–water partition coefficient (Wildman–Crippen LogP) is 3.68. The zero-order chi connectivity index (χ0) is 26.1. The normalized spacial score (nSPS) is 13.9. The Bertz CT molecular complexity index is 1600. The molecule has 1 fully saturated rings. The van der Waals surface area contributed by atoms with Crippen molar-refractivity contribution in [3.63, 3.8) is 0 Å². The fourth-order valence-electron chi connectivity index (χ4n) is 4.52. The Hall–Kier alpha value is -4.32. The Kier molecular flexibility index (Phi) is 6.46. The van der Waals surface area contributed by atoms with Crippen LogP contribution < -0.4 is 15.0 Å². The van der Waals surface area contributed by atoms with Crippen LogP contribution in [0.3, 0.4) is 0 Å². The number of hydrogen-bond acceptors (Lipinski definition) is 8. The molecule has 6 rings (SSSR count). The third kappa shape index (κ3) is 4.70. The number of aryl methyl sites for hydroxylation is 2. The molecular formula is C26H26F2N8O2. The molecule has 3 aromatic heterocycles. The smallest absolute Gasteiger partial charge is 0.229 e. The molecule has 5 aromatic rings. The second-order valence-corrected chi connectivity index (χ2v) is 8.98. The summed E-state index contributed by atoms with van der Waals surface area (Å²) in [5, 5.41) is 3.27. The van der Waals surface area contributed by atoms with Crippen LogP contribution in [0, 0.1) is 11.6 Å². The van der Waals surface area contributed by atoms with Crippen molar-refractivity contribution in [2.45, 2.75) is 19.5 Å². The summed E-state index contributed by atoms with van der Waals surface area (Å²) < 4.78 is 40.6. The van der Waals surface area contributed by atoms with Crippen LogP contribution in [0.15, 0.2) is 42.7 Å². The second-order valence-electron chi connectivity index (χ2n) is 8.98. The highest BCUT2D eigenvalue weighted by Crippen LogP contribution is 2.25. The first-order valence-corrected chi connectivity index (χ1v) is 12.3. The standard InChI is InChI=1S/C26H26F2N8O2/c1-37-17-4-2-3-16(13-17)7-8-36-15-30-23-24(33-26(34-25(23)36)35-9-11-38-12-10-35)29-14-20-31-19-6-5-18(27)21(28)22(19)32-20/h2-6,13,15H,7-12,14H2,1H3,(H,31,32)(H,29,33,34). The van der Waals surface area contributed by atoms with Crippen molar-refractivity contribution in [3.8, 4) is 5.75 Å². The summed E-state index contributed by atoms with van der Waals surface area (Å²) in [6.45, 7) is 3.42. The number of halogens is 2. The van der Waals surface area contributed by atoms with E-state index in [0.29, 0.717) is 67.1 Å². The molecule has 4 heterocycles. The first kappa shape index (κ1) is 24.0. The number of rotatable bonds is 8. The number of anilines is 2. The lowest BCUT2D eigenvalue weighted by Crippen LogP contribution is -2.37. The molecule has 1 aliphatic heterocycles. The van der Waals surface area contributed by atoms with Crippen molar-refractivity contribution < 1.29 is 18.3 Å². The van der Waals surface area contributed by atoms with Crippen molar-refractivity contribution in [2.75, 3.05) is 43.6 Å². The molecule has 0 atom stereocenters. The van der Waals surface area contributed by atoms with Crippen LogP contribution in [-0.2, 0) is 24.2 Å². The highest BCUT2D eigenvalue weighted by Gasteiger charge is 2.20. The van der Waals surface area contributed by atoms with Gasteiger partial charge in [0.25, 0.3) is 0 Å². The molecular weight excluding hydrogens is 494 g/mol. The summed E-state index contributed by atoms with van der Waals surface area (Å²) in [5.74, 6) is 0.457. The minimum Gasteiger partial charge on any atom is -0.497 e. The molecule has 2 N–H and O–H groups in total. The van der Waals surface area contributed by atoms with Gasteiger partial charge in [-0.25, -0.2) is 18.7 Å². The number of methoxy groups -OCH3 is 1. The summed E-state index contributed by atoms with van der Waals surface area (Å²) in [4.78, 5) is 23.5. The molecule has 10 nitrogen and oxygen atoms in total. The first-order valence-electron chi connectivity index (χ1n) is 12.3. The second kappa shape index (κ2) is 10.2. The van der Waals surface area contributed by atoms with E-state index < -0.39 is 11.6 Å². The Balaban J connectivity index is 1.30. The van der Waals surface area contributed by atoms with E-state index in [1.165, 1.54) is 6.07 Å². The Morgan fingerprint density at radius 1 is 1.08 bits per heavy atom. The lowest BCUT2D eigenvalue weighted by Gasteiger charge is -2.27. The number of nitrogens with zero attached hydrogens (tertiary/aromatic N) is 6. The number of aromatic amines is 1. The van der Waals surface area contributed by atoms with Gasteiger partial charge < -0.3 is 29.2 Å². The first-order chi connectivity index (χ1) is 18.6. The third-order valence-electron chi connectivity index (χ3n) is 6.54. The summed E-state index contributed by atoms with van der Waals surface area (Å²) >= 11 is 0. The lowest BCUT2D eigenvalue weighted by molar-refractivity contribution is 0.122. The molecule has 0 unspecified atom stereocenters. The van der Waals surface area contributed by atoms with Crippen molar-refractivity contribution in [1.29, 1.82) is 0 Å². The SMILES string of the molecule is COc1cccc(CCn2cnc3c(NCc4nc5c(F)c(F)ccc5[nH]4)nc(N4CCOCC4)nc32)c1. The van der Waals surface area contributed by atoms with Crippen LogP contribution in [0.5, 0.6) is 5.75 Å². The molecule has 0 aliphatic carbocycles. The van der Waals surface area contributed by atoms with Crippen molar-refractivity contribution in [1.82, 2.24) is 29.5 Å². The molecule has 2 aromatic carbocycles. The largest absolute Gasteiger partial charge is 0.497 e. The Morgan fingerprint density at radius 3 is 2.79 bits per heavy atom. The van der Waals surface area contributed by atoms with Gasteiger partial charge in [0.15, 0.2) is 28.6 Å². The Labute approximate surface area is 216 Å². The number of aromatic nitrogens is 6. The van der Waals surface area contributed by atoms with Gasteiger partial charge in [-0.2, -0.15) is 9.97 Å². The van der Waals surface area contributed by atoms with Crippen LogP contribution in [0.2, 0.25) is 0 Å². The average Bonchev–Trinajstić information content (AvgIpc) is 3.57. The summed E-state index contributed by atoms with van der Waals surface area (Å²) in [5.41, 5.74) is 2.83. The topological polar surface area (TPSA) is 106 Å². The molecule has 1 aliphatic rings. The zero-order valence-electron chi connectivity index (χ0n) is 20.7. The summed E-state index contributed by atoms with van der Waals surface area (Å²) in [6.07, 6.45) is 2.52. The number of nitrogens with one attached hydrogen (secondary N) is 2. The van der Waals surface area contributed by atoms with Crippen molar-refractivity contribution in [2.24, 2.45) is 0 Å². The predicted molar refractivity (Wildman–Crippen MR) is 138 cm³/mol. The number of benzene rings is 2. The van der Waals surface area contributed by atoms with Crippen LogP contribution in [0.1, 0.15) is 11.4 Å². The number of fused-ring (bicyclic) bond motifs is 2. The molecule has 196 valence electrons. The molecule has 38 heavy (non-hydrogen) atoms. The maximum Gasteiger partial charge on any atom is 0.229 e. The number of H-pyrrole nitrogens is 1. The van der Waals surface area contributed by atoms with E-state index in [0.717, 1.165) is 23.8 Å². The quantitative estimate of drug-likeness (QED) is 0.319. The maximum absolute atomic E-state index is 14.1. The summed E-state index contributed by atoms with van der Waals surface area (Å²) in [6, 6.07) is 10.5. The van der Waals surface area contributed by atoms with Gasteiger partial charge in [0, 0.05) is 19.6 Å². The van der Waals surface area contributed by atoms with E-state index in [9.17, 15) is 8.78 Å². The van der Waals surface area contributed by atoms with E-state index in [-0.39, 0.29) is 12.1 Å². The van der Waals surface area contributed by atoms with E-state index in [1.807, 2.05) is 22.8 Å². The van der Waals surface area contributed by atoms with E-state index in [1.54, 1.807) is 13.4 Å². The maximum atomic E-state index is 14.1. The van der Waals surface area contributed by atoms with E-state index in [4.69, 9.17) is 19.4 Å². The Morgan fingerprint density at radius 2 is 1.95 bits per heavy atom. The van der Waals surface area contributed by atoms with Gasteiger partial charge in [-0.3, -0.25) is 0 Å². The molecule has 12 heteroatoms. The van der Waals surface area contributed by atoms with Gasteiger partial charge in [0.05, 0.1) is 38.7 Å². The molecule has 0 saturated carbocycles. The number of imidazole rings is 2. The lowest BCUT2D eigenvalue weighted by atomic mass is 10.1. The van der Waals surface area contributed by atoms with Gasteiger partial charge in [-0.05, 0) is 36.2 Å². The average molecular weight is 521 g/mol. The molecule has 0 radical (unpaired) electrons. The van der Waals surface area contributed by atoms with Crippen molar-refractivity contribution in [3.05, 3.63) is 65.7 Å². The molecule has 0 spiro atoms. The van der Waals surface area contributed by atoms with Gasteiger partial charge in [0.1, 0.15) is 17.1 Å². The minimum atomic E-state index is -0.973. The third-order valence-corrected chi connectivity index (χ3v) is 6.54. The van der Waals surface area contributed by atoms with Crippen LogP contribution >= 0.6 is 0 Å².